The van der Waals surface area contributed by atoms with Crippen LogP contribution in [0.3, 0.4) is 0 Å². The highest BCUT2D eigenvalue weighted by molar-refractivity contribution is 6.74. The van der Waals surface area contributed by atoms with Crippen LogP contribution in [0.4, 0.5) is 0 Å². The molecule has 1 aliphatic carbocycles. The molecular weight excluding hydrogens is 376 g/mol. The van der Waals surface area contributed by atoms with Crippen LogP contribution in [-0.4, -0.2) is 50.3 Å². The van der Waals surface area contributed by atoms with E-state index >= 15 is 0 Å². The normalized spacial score (nSPS) is 36.0. The lowest BCUT2D eigenvalue weighted by atomic mass is 10.2. The fraction of sp³-hybridized carbons (Fsp3) is 0.667. The van der Waals surface area contributed by atoms with Gasteiger partial charge in [0.2, 0.25) is 0 Å². The van der Waals surface area contributed by atoms with Crippen molar-refractivity contribution in [1.29, 1.82) is 0 Å². The van der Waals surface area contributed by atoms with Crippen LogP contribution in [-0.2, 0) is 23.4 Å². The summed E-state index contributed by atoms with van der Waals surface area (Å²) in [6.45, 7) is 14.7. The van der Waals surface area contributed by atoms with Crippen molar-refractivity contribution in [1.82, 2.24) is 0 Å². The first kappa shape index (κ1) is 20.0. The molecule has 0 bridgehead atoms. The van der Waals surface area contributed by atoms with Crippen LogP contribution in [0.15, 0.2) is 30.3 Å². The molecule has 3 fully saturated rings. The maximum absolute atomic E-state index is 12.7. The van der Waals surface area contributed by atoms with Crippen LogP contribution in [0.25, 0.3) is 0 Å². The molecule has 1 aromatic rings. The number of benzene rings is 1. The molecule has 2 heterocycles. The molecular formula is C21H30O6Si. The highest BCUT2D eigenvalue weighted by atomic mass is 28.4. The topological polar surface area (TPSA) is 66.5 Å². The lowest BCUT2D eigenvalue weighted by Gasteiger charge is -2.39. The standard InChI is InChI=1S/C21H30O6Si/c1-19(2,3)28(6,7)27-15-14-16(24-20(4,5)23-14)21(17(15)25-21)26-18(22)13-11-9-8-10-12-13/h8-12,14-17H,1-7H3/t14-,15+,16-,17-,21+/m1/s1. The molecule has 7 heteroatoms. The van der Waals surface area contributed by atoms with E-state index in [2.05, 4.69) is 33.9 Å². The number of fused-ring (bicyclic) bond motifs is 3. The second kappa shape index (κ2) is 6.12. The van der Waals surface area contributed by atoms with Gasteiger partial charge in [0.1, 0.15) is 12.2 Å². The number of carbonyl (C=O) groups excluding carboxylic acids is 1. The van der Waals surface area contributed by atoms with E-state index in [9.17, 15) is 4.79 Å². The Morgan fingerprint density at radius 2 is 1.68 bits per heavy atom. The zero-order valence-corrected chi connectivity index (χ0v) is 18.6. The minimum Gasteiger partial charge on any atom is -0.423 e. The molecule has 0 radical (unpaired) electrons. The van der Waals surface area contributed by atoms with Crippen molar-refractivity contribution in [2.75, 3.05) is 0 Å². The van der Waals surface area contributed by atoms with Crippen molar-refractivity contribution in [2.24, 2.45) is 0 Å². The van der Waals surface area contributed by atoms with Crippen molar-refractivity contribution in [3.05, 3.63) is 35.9 Å². The van der Waals surface area contributed by atoms with E-state index in [0.29, 0.717) is 5.56 Å². The van der Waals surface area contributed by atoms with Gasteiger partial charge in [0.15, 0.2) is 26.3 Å². The van der Waals surface area contributed by atoms with E-state index in [0.717, 1.165) is 0 Å². The van der Waals surface area contributed by atoms with E-state index in [1.165, 1.54) is 0 Å². The molecule has 0 amide bonds. The van der Waals surface area contributed by atoms with Crippen LogP contribution in [0.5, 0.6) is 0 Å². The highest BCUT2D eigenvalue weighted by Gasteiger charge is 2.82. The van der Waals surface area contributed by atoms with Crippen LogP contribution in [0.1, 0.15) is 45.0 Å². The van der Waals surface area contributed by atoms with E-state index in [-0.39, 0.29) is 23.4 Å². The number of rotatable bonds is 4. The largest absolute Gasteiger partial charge is 0.423 e. The number of ether oxygens (including phenoxy) is 4. The van der Waals surface area contributed by atoms with E-state index in [1.807, 2.05) is 19.9 Å². The summed E-state index contributed by atoms with van der Waals surface area (Å²) in [5.41, 5.74) is 0.481. The molecule has 0 N–H and O–H groups in total. The lowest BCUT2D eigenvalue weighted by molar-refractivity contribution is -0.174. The Balaban J connectivity index is 1.59. The summed E-state index contributed by atoms with van der Waals surface area (Å²) in [6.07, 6.45) is -1.53. The second-order valence-corrected chi connectivity index (χ2v) is 14.6. The minimum atomic E-state index is -2.08. The van der Waals surface area contributed by atoms with Crippen LogP contribution >= 0.6 is 0 Å². The number of carbonyl (C=O) groups is 1. The molecule has 2 saturated heterocycles. The molecule has 6 nitrogen and oxygen atoms in total. The summed E-state index contributed by atoms with van der Waals surface area (Å²) in [5, 5.41) is 0.0400. The predicted molar refractivity (Wildman–Crippen MR) is 105 cm³/mol. The van der Waals surface area contributed by atoms with E-state index in [1.54, 1.807) is 24.3 Å². The van der Waals surface area contributed by atoms with Crippen LogP contribution in [0, 0.1) is 0 Å². The summed E-state index contributed by atoms with van der Waals surface area (Å²) in [5.74, 6) is -2.35. The first-order chi connectivity index (χ1) is 12.9. The van der Waals surface area contributed by atoms with Crippen LogP contribution < -0.4 is 0 Å². The van der Waals surface area contributed by atoms with Crippen molar-refractivity contribution >= 4 is 14.3 Å². The van der Waals surface area contributed by atoms with Crippen molar-refractivity contribution in [3.8, 4) is 0 Å². The predicted octanol–water partition coefficient (Wildman–Crippen LogP) is 3.86. The molecule has 1 saturated carbocycles. The van der Waals surface area contributed by atoms with Gasteiger partial charge in [-0.05, 0) is 44.1 Å². The number of hydrogen-bond acceptors (Lipinski definition) is 6. The van der Waals surface area contributed by atoms with Gasteiger partial charge >= 0.3 is 5.97 Å². The smallest absolute Gasteiger partial charge is 0.340 e. The quantitative estimate of drug-likeness (QED) is 0.430. The van der Waals surface area contributed by atoms with Gasteiger partial charge in [-0.2, -0.15) is 0 Å². The average Bonchev–Trinajstić information content (AvgIpc) is 3.13. The minimum absolute atomic E-state index is 0.0400. The Kier molecular flexibility index (Phi) is 4.38. The number of epoxide rings is 1. The molecule has 0 spiro atoms. The SMILES string of the molecule is CC1(C)O[C@@H]2[C@H](O[Si](C)(C)C(C)(C)C)[C@H]3O[C@]3(OC(=O)c3ccccc3)[C@@H]2O1. The van der Waals surface area contributed by atoms with Gasteiger partial charge in [-0.25, -0.2) is 4.79 Å². The molecule has 5 atom stereocenters. The fourth-order valence-electron chi connectivity index (χ4n) is 3.77. The van der Waals surface area contributed by atoms with Crippen LogP contribution in [0.2, 0.25) is 18.1 Å². The maximum atomic E-state index is 12.7. The molecule has 154 valence electrons. The van der Waals surface area contributed by atoms with Crippen molar-refractivity contribution in [3.63, 3.8) is 0 Å². The zero-order valence-electron chi connectivity index (χ0n) is 17.6. The van der Waals surface area contributed by atoms with E-state index in [4.69, 9.17) is 23.4 Å². The Hall–Kier alpha value is -1.25. The first-order valence-electron chi connectivity index (χ1n) is 9.86. The van der Waals surface area contributed by atoms with Gasteiger partial charge in [0.05, 0.1) is 5.56 Å². The summed E-state index contributed by atoms with van der Waals surface area (Å²) >= 11 is 0. The second-order valence-electron chi connectivity index (χ2n) is 9.88. The number of hydrogen-bond donors (Lipinski definition) is 0. The highest BCUT2D eigenvalue weighted by Crippen LogP contribution is 2.59. The summed E-state index contributed by atoms with van der Waals surface area (Å²) in [7, 11) is -2.08. The molecule has 4 rings (SSSR count). The third-order valence-electron chi connectivity index (χ3n) is 6.30. The number of esters is 1. The molecule has 0 unspecified atom stereocenters. The Morgan fingerprint density at radius 3 is 2.29 bits per heavy atom. The molecule has 2 aliphatic heterocycles. The first-order valence-corrected chi connectivity index (χ1v) is 12.8. The average molecular weight is 407 g/mol. The molecule has 3 aliphatic rings. The zero-order chi connectivity index (χ0) is 20.5. The monoisotopic (exact) mass is 406 g/mol. The summed E-state index contributed by atoms with van der Waals surface area (Å²) in [6, 6.07) is 8.92. The lowest BCUT2D eigenvalue weighted by Crippen LogP contribution is -2.49. The third kappa shape index (κ3) is 3.13. The fourth-order valence-corrected chi connectivity index (χ4v) is 5.06. The van der Waals surface area contributed by atoms with Gasteiger partial charge in [0, 0.05) is 0 Å². The maximum Gasteiger partial charge on any atom is 0.340 e. The van der Waals surface area contributed by atoms with Gasteiger partial charge in [-0.3, -0.25) is 0 Å². The van der Waals surface area contributed by atoms with Gasteiger partial charge in [0.25, 0.3) is 5.79 Å². The summed E-state index contributed by atoms with van der Waals surface area (Å²) < 4.78 is 30.7. The van der Waals surface area contributed by atoms with E-state index < -0.39 is 32.0 Å². The molecule has 28 heavy (non-hydrogen) atoms. The molecule has 1 aromatic carbocycles. The van der Waals surface area contributed by atoms with Gasteiger partial charge in [-0.15, -0.1) is 0 Å². The molecule has 0 aromatic heterocycles. The van der Waals surface area contributed by atoms with Crippen molar-refractivity contribution in [2.45, 2.75) is 88.7 Å². The van der Waals surface area contributed by atoms with Crippen molar-refractivity contribution < 1.29 is 28.2 Å². The third-order valence-corrected chi connectivity index (χ3v) is 10.8. The Bertz CT molecular complexity index is 771. The van der Waals surface area contributed by atoms with Gasteiger partial charge in [-0.1, -0.05) is 39.0 Å². The Labute approximate surface area is 167 Å². The Morgan fingerprint density at radius 1 is 1.04 bits per heavy atom. The summed E-state index contributed by atoms with van der Waals surface area (Å²) in [4.78, 5) is 12.7. The van der Waals surface area contributed by atoms with Gasteiger partial charge < -0.3 is 23.4 Å².